The first kappa shape index (κ1) is 15.6. The Hall–Kier alpha value is -2.44. The van der Waals surface area contributed by atoms with E-state index in [9.17, 15) is 18.8 Å². The van der Waals surface area contributed by atoms with Crippen LogP contribution < -0.4 is 10.6 Å². The average Bonchev–Trinajstić information content (AvgIpc) is 2.36. The second kappa shape index (κ2) is 7.22. The summed E-state index contributed by atoms with van der Waals surface area (Å²) in [5.74, 6) is -2.29. The van der Waals surface area contributed by atoms with Crippen molar-refractivity contribution in [1.29, 1.82) is 0 Å². The number of halogens is 1. The van der Waals surface area contributed by atoms with E-state index in [1.807, 2.05) is 5.32 Å². The molecule has 0 spiro atoms. The van der Waals surface area contributed by atoms with E-state index < -0.39 is 29.8 Å². The summed E-state index contributed by atoms with van der Waals surface area (Å²) >= 11 is 0. The number of urea groups is 1. The molecule has 1 aromatic rings. The Kier molecular flexibility index (Phi) is 5.64. The number of aliphatic carboxylic acids is 1. The summed E-state index contributed by atoms with van der Waals surface area (Å²) in [6, 6.07) is 4.53. The minimum Gasteiger partial charge on any atom is -0.481 e. The number of carbonyl (C=O) groups excluding carboxylic acids is 2. The van der Waals surface area contributed by atoms with Gasteiger partial charge in [-0.2, -0.15) is 0 Å². The molecule has 1 aromatic carbocycles. The molecule has 108 valence electrons. The number of benzene rings is 1. The van der Waals surface area contributed by atoms with Crippen molar-refractivity contribution in [3.05, 3.63) is 35.6 Å². The van der Waals surface area contributed by atoms with Crippen molar-refractivity contribution in [2.45, 2.75) is 25.8 Å². The third-order valence-corrected chi connectivity index (χ3v) is 2.54. The highest BCUT2D eigenvalue weighted by molar-refractivity contribution is 5.95. The standard InChI is InChI=1S/C13H15FN2O4/c1-8(9-4-2-3-5-10(9)14)15-13(20)16-11(17)6-7-12(18)19/h2-5,8H,6-7H2,1H3,(H,18,19)(H2,15,16,17,20). The first-order valence-corrected chi connectivity index (χ1v) is 5.96. The van der Waals surface area contributed by atoms with Gasteiger partial charge in [-0.1, -0.05) is 18.2 Å². The molecule has 0 aliphatic heterocycles. The first-order valence-electron chi connectivity index (χ1n) is 5.96. The maximum absolute atomic E-state index is 13.5. The Morgan fingerprint density at radius 1 is 1.25 bits per heavy atom. The van der Waals surface area contributed by atoms with E-state index in [1.165, 1.54) is 18.2 Å². The van der Waals surface area contributed by atoms with Gasteiger partial charge in [-0.25, -0.2) is 9.18 Å². The van der Waals surface area contributed by atoms with E-state index in [2.05, 4.69) is 5.32 Å². The van der Waals surface area contributed by atoms with Gasteiger partial charge in [-0.15, -0.1) is 0 Å². The molecule has 0 heterocycles. The van der Waals surface area contributed by atoms with Crippen molar-refractivity contribution < 1.29 is 23.9 Å². The Labute approximate surface area is 115 Å². The number of hydrogen-bond acceptors (Lipinski definition) is 3. The summed E-state index contributed by atoms with van der Waals surface area (Å²) in [6.07, 6.45) is -0.654. The van der Waals surface area contributed by atoms with E-state index >= 15 is 0 Å². The van der Waals surface area contributed by atoms with Crippen LogP contribution in [0.4, 0.5) is 9.18 Å². The molecular formula is C13H15FN2O4. The highest BCUT2D eigenvalue weighted by Gasteiger charge is 2.15. The van der Waals surface area contributed by atoms with Crippen molar-refractivity contribution in [2.24, 2.45) is 0 Å². The largest absolute Gasteiger partial charge is 0.481 e. The second-order valence-electron chi connectivity index (χ2n) is 4.16. The maximum atomic E-state index is 13.5. The molecule has 0 radical (unpaired) electrons. The quantitative estimate of drug-likeness (QED) is 0.764. The molecular weight excluding hydrogens is 267 g/mol. The van der Waals surface area contributed by atoms with E-state index in [0.717, 1.165) is 0 Å². The van der Waals surface area contributed by atoms with Crippen molar-refractivity contribution in [2.75, 3.05) is 0 Å². The smallest absolute Gasteiger partial charge is 0.321 e. The molecule has 1 unspecified atom stereocenters. The fourth-order valence-corrected chi connectivity index (χ4v) is 1.55. The van der Waals surface area contributed by atoms with Crippen LogP contribution in [0.15, 0.2) is 24.3 Å². The molecule has 1 atom stereocenters. The minimum atomic E-state index is -1.12. The Morgan fingerprint density at radius 2 is 1.90 bits per heavy atom. The van der Waals surface area contributed by atoms with E-state index in [4.69, 9.17) is 5.11 Å². The van der Waals surface area contributed by atoms with Crippen LogP contribution in [0.1, 0.15) is 31.4 Å². The Balaban J connectivity index is 2.48. The molecule has 0 bridgehead atoms. The zero-order valence-corrected chi connectivity index (χ0v) is 10.9. The van der Waals surface area contributed by atoms with Crippen molar-refractivity contribution in [1.82, 2.24) is 10.6 Å². The van der Waals surface area contributed by atoms with Crippen molar-refractivity contribution in [3.63, 3.8) is 0 Å². The Morgan fingerprint density at radius 3 is 2.50 bits per heavy atom. The number of imide groups is 1. The van der Waals surface area contributed by atoms with Crippen molar-refractivity contribution in [3.8, 4) is 0 Å². The lowest BCUT2D eigenvalue weighted by molar-refractivity contribution is -0.138. The molecule has 0 aromatic heterocycles. The van der Waals surface area contributed by atoms with Crippen LogP contribution in [0, 0.1) is 5.82 Å². The molecule has 0 aliphatic carbocycles. The summed E-state index contributed by atoms with van der Waals surface area (Å²) in [5.41, 5.74) is 0.292. The second-order valence-corrected chi connectivity index (χ2v) is 4.16. The Bertz CT molecular complexity index is 519. The van der Waals surface area contributed by atoms with Gasteiger partial charge in [0.2, 0.25) is 5.91 Å². The number of nitrogens with one attached hydrogen (secondary N) is 2. The summed E-state index contributed by atoms with van der Waals surface area (Å²) in [6.45, 7) is 1.57. The van der Waals surface area contributed by atoms with E-state index in [-0.39, 0.29) is 12.8 Å². The fourth-order valence-electron chi connectivity index (χ4n) is 1.55. The number of rotatable bonds is 5. The van der Waals surface area contributed by atoms with Gasteiger partial charge in [0, 0.05) is 12.0 Å². The molecule has 0 saturated carbocycles. The van der Waals surface area contributed by atoms with Crippen LogP contribution >= 0.6 is 0 Å². The average molecular weight is 282 g/mol. The number of hydrogen-bond donors (Lipinski definition) is 3. The van der Waals surface area contributed by atoms with Crippen LogP contribution in [0.5, 0.6) is 0 Å². The summed E-state index contributed by atoms with van der Waals surface area (Å²) in [7, 11) is 0. The lowest BCUT2D eigenvalue weighted by Gasteiger charge is -2.15. The zero-order valence-electron chi connectivity index (χ0n) is 10.9. The first-order chi connectivity index (χ1) is 9.40. The van der Waals surface area contributed by atoms with Gasteiger partial charge in [0.1, 0.15) is 5.82 Å². The lowest BCUT2D eigenvalue weighted by atomic mass is 10.1. The number of carboxylic acids is 1. The van der Waals surface area contributed by atoms with Gasteiger partial charge < -0.3 is 10.4 Å². The zero-order chi connectivity index (χ0) is 15.1. The van der Waals surface area contributed by atoms with Gasteiger partial charge in [0.25, 0.3) is 0 Å². The van der Waals surface area contributed by atoms with E-state index in [0.29, 0.717) is 5.56 Å². The summed E-state index contributed by atoms with van der Waals surface area (Å²) in [4.78, 5) is 33.0. The maximum Gasteiger partial charge on any atom is 0.321 e. The molecule has 0 aliphatic rings. The predicted octanol–water partition coefficient (Wildman–Crippen LogP) is 1.58. The third kappa shape index (κ3) is 5.05. The van der Waals surface area contributed by atoms with Crippen molar-refractivity contribution >= 4 is 17.9 Å². The predicted molar refractivity (Wildman–Crippen MR) is 68.4 cm³/mol. The molecule has 7 heteroatoms. The normalized spacial score (nSPS) is 11.5. The summed E-state index contributed by atoms with van der Waals surface area (Å²) < 4.78 is 13.5. The van der Waals surface area contributed by atoms with Crippen LogP contribution in [0.25, 0.3) is 0 Å². The molecule has 0 saturated heterocycles. The summed E-state index contributed by atoms with van der Waals surface area (Å²) in [5, 5.41) is 12.8. The van der Waals surface area contributed by atoms with Gasteiger partial charge in [-0.05, 0) is 13.0 Å². The van der Waals surface area contributed by atoms with Gasteiger partial charge >= 0.3 is 12.0 Å². The molecule has 1 rings (SSSR count). The topological polar surface area (TPSA) is 95.5 Å². The lowest BCUT2D eigenvalue weighted by Crippen LogP contribution is -2.40. The van der Waals surface area contributed by atoms with Crippen LogP contribution in [0.3, 0.4) is 0 Å². The van der Waals surface area contributed by atoms with Gasteiger partial charge in [0.05, 0.1) is 12.5 Å². The van der Waals surface area contributed by atoms with Crippen LogP contribution in [-0.2, 0) is 9.59 Å². The SMILES string of the molecule is CC(NC(=O)NC(=O)CCC(=O)O)c1ccccc1F. The minimum absolute atomic E-state index is 0.292. The molecule has 6 nitrogen and oxygen atoms in total. The highest BCUT2D eigenvalue weighted by atomic mass is 19.1. The van der Waals surface area contributed by atoms with E-state index in [1.54, 1.807) is 13.0 Å². The van der Waals surface area contributed by atoms with Crippen LogP contribution in [-0.4, -0.2) is 23.0 Å². The van der Waals surface area contributed by atoms with Crippen LogP contribution in [0.2, 0.25) is 0 Å². The number of carbonyl (C=O) groups is 3. The number of amides is 3. The monoisotopic (exact) mass is 282 g/mol. The molecule has 3 amide bonds. The molecule has 3 N–H and O–H groups in total. The molecule has 0 fully saturated rings. The fraction of sp³-hybridized carbons (Fsp3) is 0.308. The highest BCUT2D eigenvalue weighted by Crippen LogP contribution is 2.15. The third-order valence-electron chi connectivity index (χ3n) is 2.54. The van der Waals surface area contributed by atoms with Gasteiger partial charge in [-0.3, -0.25) is 14.9 Å². The van der Waals surface area contributed by atoms with Gasteiger partial charge in [0.15, 0.2) is 0 Å². The molecule has 20 heavy (non-hydrogen) atoms. The number of carboxylic acid groups (broad SMARTS) is 1.